The van der Waals surface area contributed by atoms with E-state index in [1.165, 1.54) is 24.3 Å². The van der Waals surface area contributed by atoms with E-state index in [-0.39, 0.29) is 30.6 Å². The van der Waals surface area contributed by atoms with Crippen molar-refractivity contribution in [1.82, 2.24) is 5.32 Å². The first-order valence-corrected chi connectivity index (χ1v) is 8.15. The molecule has 0 unspecified atom stereocenters. The molecule has 24 heavy (non-hydrogen) atoms. The van der Waals surface area contributed by atoms with E-state index in [9.17, 15) is 14.0 Å². The van der Waals surface area contributed by atoms with E-state index in [0.29, 0.717) is 15.6 Å². The second-order valence-electron chi connectivity index (χ2n) is 5.39. The first-order valence-electron chi connectivity index (χ1n) is 7.40. The standard InChI is InChI=1S/C18H16Cl2FNO2/c1-11(15-7-4-13(19)10-16(15)20)22-18(24)9-8-17(23)12-2-5-14(21)6-3-12/h2-7,10-11H,8-9H2,1H3,(H,22,24)/t11-/m0/s1. The van der Waals surface area contributed by atoms with Gasteiger partial charge in [0.2, 0.25) is 5.91 Å². The summed E-state index contributed by atoms with van der Waals surface area (Å²) in [6.45, 7) is 1.80. The van der Waals surface area contributed by atoms with Gasteiger partial charge in [0.25, 0.3) is 0 Å². The Labute approximate surface area is 149 Å². The Balaban J connectivity index is 1.88. The lowest BCUT2D eigenvalue weighted by Gasteiger charge is -2.16. The van der Waals surface area contributed by atoms with Gasteiger partial charge in [0.05, 0.1) is 6.04 Å². The molecule has 1 N–H and O–H groups in total. The average Bonchev–Trinajstić information content (AvgIpc) is 2.53. The zero-order valence-electron chi connectivity index (χ0n) is 13.0. The molecular formula is C18H16Cl2FNO2. The number of nitrogens with one attached hydrogen (secondary N) is 1. The summed E-state index contributed by atoms with van der Waals surface area (Å²) >= 11 is 12.0. The van der Waals surface area contributed by atoms with Crippen LogP contribution >= 0.6 is 23.2 Å². The number of carbonyl (C=O) groups is 2. The van der Waals surface area contributed by atoms with Crippen LogP contribution in [0.4, 0.5) is 4.39 Å². The zero-order chi connectivity index (χ0) is 17.7. The summed E-state index contributed by atoms with van der Waals surface area (Å²) in [5.74, 6) is -0.871. The fourth-order valence-corrected chi connectivity index (χ4v) is 2.82. The minimum Gasteiger partial charge on any atom is -0.350 e. The van der Waals surface area contributed by atoms with Crippen LogP contribution in [0, 0.1) is 5.82 Å². The molecule has 0 bridgehead atoms. The lowest BCUT2D eigenvalue weighted by molar-refractivity contribution is -0.121. The van der Waals surface area contributed by atoms with E-state index >= 15 is 0 Å². The summed E-state index contributed by atoms with van der Waals surface area (Å²) in [4.78, 5) is 24.0. The normalized spacial score (nSPS) is 11.8. The van der Waals surface area contributed by atoms with Crippen molar-refractivity contribution >= 4 is 34.9 Å². The largest absolute Gasteiger partial charge is 0.350 e. The fraction of sp³-hybridized carbons (Fsp3) is 0.222. The predicted octanol–water partition coefficient (Wildman–Crippen LogP) is 4.97. The molecule has 126 valence electrons. The first kappa shape index (κ1) is 18.4. The molecule has 1 atom stereocenters. The van der Waals surface area contributed by atoms with Crippen LogP contribution in [0.1, 0.15) is 41.7 Å². The average molecular weight is 368 g/mol. The van der Waals surface area contributed by atoms with Crippen molar-refractivity contribution in [2.24, 2.45) is 0 Å². The maximum absolute atomic E-state index is 12.8. The van der Waals surface area contributed by atoms with Crippen LogP contribution in [-0.4, -0.2) is 11.7 Å². The molecule has 0 aromatic heterocycles. The SMILES string of the molecule is C[C@H](NC(=O)CCC(=O)c1ccc(F)cc1)c1ccc(Cl)cc1Cl. The van der Waals surface area contributed by atoms with E-state index in [2.05, 4.69) is 5.32 Å². The lowest BCUT2D eigenvalue weighted by atomic mass is 10.1. The highest BCUT2D eigenvalue weighted by Crippen LogP contribution is 2.26. The molecule has 2 rings (SSSR count). The predicted molar refractivity (Wildman–Crippen MR) is 93.0 cm³/mol. The summed E-state index contributed by atoms with van der Waals surface area (Å²) in [7, 11) is 0. The van der Waals surface area contributed by atoms with E-state index in [4.69, 9.17) is 23.2 Å². The summed E-state index contributed by atoms with van der Waals surface area (Å²) < 4.78 is 12.8. The van der Waals surface area contributed by atoms with Gasteiger partial charge in [-0.2, -0.15) is 0 Å². The van der Waals surface area contributed by atoms with Gasteiger partial charge in [-0.05, 0) is 48.9 Å². The monoisotopic (exact) mass is 367 g/mol. The Bertz CT molecular complexity index is 747. The van der Waals surface area contributed by atoms with Gasteiger partial charge < -0.3 is 5.32 Å². The quantitative estimate of drug-likeness (QED) is 0.732. The van der Waals surface area contributed by atoms with Crippen molar-refractivity contribution in [2.75, 3.05) is 0 Å². The molecule has 0 fully saturated rings. The van der Waals surface area contributed by atoms with Crippen LogP contribution in [-0.2, 0) is 4.79 Å². The first-order chi connectivity index (χ1) is 11.4. The molecule has 3 nitrogen and oxygen atoms in total. The number of hydrogen-bond acceptors (Lipinski definition) is 2. The topological polar surface area (TPSA) is 46.2 Å². The second-order valence-corrected chi connectivity index (χ2v) is 6.23. The highest BCUT2D eigenvalue weighted by Gasteiger charge is 2.14. The fourth-order valence-electron chi connectivity index (χ4n) is 2.25. The van der Waals surface area contributed by atoms with Gasteiger partial charge in [0.15, 0.2) is 5.78 Å². The molecule has 0 radical (unpaired) electrons. The van der Waals surface area contributed by atoms with E-state index in [0.717, 1.165) is 5.56 Å². The molecule has 2 aromatic rings. The number of Topliss-reactive ketones (excluding diaryl/α,β-unsaturated/α-hetero) is 1. The summed E-state index contributed by atoms with van der Waals surface area (Å²) in [6, 6.07) is 10.0. The molecule has 0 heterocycles. The maximum atomic E-state index is 12.8. The number of carbonyl (C=O) groups excluding carboxylic acids is 2. The molecular weight excluding hydrogens is 352 g/mol. The van der Waals surface area contributed by atoms with Crippen molar-refractivity contribution in [3.05, 3.63) is 69.5 Å². The molecule has 6 heteroatoms. The molecule has 1 amide bonds. The van der Waals surface area contributed by atoms with Crippen LogP contribution in [0.3, 0.4) is 0 Å². The number of rotatable bonds is 6. The smallest absolute Gasteiger partial charge is 0.220 e. The molecule has 0 saturated heterocycles. The molecule has 0 saturated carbocycles. The van der Waals surface area contributed by atoms with E-state index < -0.39 is 5.82 Å². The lowest BCUT2D eigenvalue weighted by Crippen LogP contribution is -2.27. The zero-order valence-corrected chi connectivity index (χ0v) is 14.5. The Morgan fingerprint density at radius 2 is 1.75 bits per heavy atom. The van der Waals surface area contributed by atoms with Gasteiger partial charge >= 0.3 is 0 Å². The van der Waals surface area contributed by atoms with Gasteiger partial charge in [0.1, 0.15) is 5.82 Å². The van der Waals surface area contributed by atoms with Gasteiger partial charge in [-0.15, -0.1) is 0 Å². The van der Waals surface area contributed by atoms with Crippen LogP contribution in [0.5, 0.6) is 0 Å². The third-order valence-electron chi connectivity index (χ3n) is 3.55. The van der Waals surface area contributed by atoms with Crippen molar-refractivity contribution in [1.29, 1.82) is 0 Å². The Morgan fingerprint density at radius 1 is 1.08 bits per heavy atom. The van der Waals surface area contributed by atoms with Gasteiger partial charge in [-0.3, -0.25) is 9.59 Å². The third-order valence-corrected chi connectivity index (χ3v) is 4.11. The van der Waals surface area contributed by atoms with Crippen molar-refractivity contribution in [3.63, 3.8) is 0 Å². The summed E-state index contributed by atoms with van der Waals surface area (Å²) in [6.07, 6.45) is 0.101. The highest BCUT2D eigenvalue weighted by atomic mass is 35.5. The third kappa shape index (κ3) is 5.05. The second kappa shape index (κ2) is 8.27. The summed E-state index contributed by atoms with van der Waals surface area (Å²) in [5, 5.41) is 3.78. The molecule has 0 aliphatic heterocycles. The molecule has 0 spiro atoms. The molecule has 2 aromatic carbocycles. The maximum Gasteiger partial charge on any atom is 0.220 e. The Hall–Kier alpha value is -1.91. The Morgan fingerprint density at radius 3 is 2.38 bits per heavy atom. The van der Waals surface area contributed by atoms with Crippen molar-refractivity contribution < 1.29 is 14.0 Å². The number of ketones is 1. The van der Waals surface area contributed by atoms with E-state index in [1.807, 2.05) is 0 Å². The molecule has 0 aliphatic rings. The number of benzene rings is 2. The van der Waals surface area contributed by atoms with Gasteiger partial charge in [-0.25, -0.2) is 4.39 Å². The summed E-state index contributed by atoms with van der Waals surface area (Å²) in [5.41, 5.74) is 1.14. The number of amides is 1. The van der Waals surface area contributed by atoms with Crippen molar-refractivity contribution in [3.8, 4) is 0 Å². The van der Waals surface area contributed by atoms with E-state index in [1.54, 1.807) is 25.1 Å². The van der Waals surface area contributed by atoms with Crippen LogP contribution in [0.2, 0.25) is 10.0 Å². The molecule has 0 aliphatic carbocycles. The highest BCUT2D eigenvalue weighted by molar-refractivity contribution is 6.35. The van der Waals surface area contributed by atoms with Crippen molar-refractivity contribution in [2.45, 2.75) is 25.8 Å². The van der Waals surface area contributed by atoms with Gasteiger partial charge in [-0.1, -0.05) is 29.3 Å². The van der Waals surface area contributed by atoms with Crippen LogP contribution in [0.15, 0.2) is 42.5 Å². The van der Waals surface area contributed by atoms with Crippen LogP contribution in [0.25, 0.3) is 0 Å². The minimum atomic E-state index is -0.405. The number of hydrogen-bond donors (Lipinski definition) is 1. The Kier molecular flexibility index (Phi) is 6.35. The minimum absolute atomic E-state index is 0.0474. The van der Waals surface area contributed by atoms with Crippen LogP contribution < -0.4 is 5.32 Å². The number of halogens is 3. The van der Waals surface area contributed by atoms with Gasteiger partial charge in [0, 0.05) is 28.5 Å².